The average Bonchev–Trinajstić information content (AvgIpc) is 2.91. The molecule has 2 aromatic heterocycles. The number of carbonyl (C=O) groups excluding carboxylic acids is 1. The zero-order valence-corrected chi connectivity index (χ0v) is 11.6. The molecule has 0 aromatic carbocycles. The van der Waals surface area contributed by atoms with Crippen LogP contribution in [-0.4, -0.2) is 26.7 Å². The number of hydrazine groups is 1. The number of anilines is 1. The Labute approximate surface area is 121 Å². The van der Waals surface area contributed by atoms with Crippen LogP contribution >= 0.6 is 11.6 Å². The Morgan fingerprint density at radius 1 is 1.60 bits per heavy atom. The maximum atomic E-state index is 12.0. The van der Waals surface area contributed by atoms with Gasteiger partial charge >= 0.3 is 0 Å². The second kappa shape index (κ2) is 6.36. The second-order valence-electron chi connectivity index (χ2n) is 4.30. The fourth-order valence-corrected chi connectivity index (χ4v) is 1.93. The maximum Gasteiger partial charge on any atom is 0.253 e. The Hall–Kier alpha value is -2.12. The molecule has 20 heavy (non-hydrogen) atoms. The number of pyridine rings is 1. The molecule has 1 amide bonds. The minimum absolute atomic E-state index is 0.0755. The largest absolute Gasteiger partial charge is 0.348 e. The third-order valence-corrected chi connectivity index (χ3v) is 2.93. The van der Waals surface area contributed by atoms with Crippen LogP contribution in [0, 0.1) is 0 Å². The van der Waals surface area contributed by atoms with Crippen molar-refractivity contribution in [3.05, 3.63) is 41.3 Å². The third-order valence-electron chi connectivity index (χ3n) is 2.64. The van der Waals surface area contributed by atoms with Gasteiger partial charge in [0.25, 0.3) is 5.91 Å². The van der Waals surface area contributed by atoms with Gasteiger partial charge in [-0.3, -0.25) is 9.48 Å². The molecule has 0 saturated carbocycles. The highest BCUT2D eigenvalue weighted by Crippen LogP contribution is 2.18. The minimum atomic E-state index is -0.248. The zero-order chi connectivity index (χ0) is 14.5. The summed E-state index contributed by atoms with van der Waals surface area (Å²) in [5, 5.41) is 7.22. The lowest BCUT2D eigenvalue weighted by Gasteiger charge is -2.14. The topological polar surface area (TPSA) is 97.9 Å². The predicted octanol–water partition coefficient (Wildman–Crippen LogP) is 1.04. The van der Waals surface area contributed by atoms with E-state index in [1.807, 2.05) is 19.2 Å². The summed E-state index contributed by atoms with van der Waals surface area (Å²) in [6.07, 6.45) is 4.94. The van der Waals surface area contributed by atoms with E-state index < -0.39 is 0 Å². The van der Waals surface area contributed by atoms with Crippen LogP contribution in [0.2, 0.25) is 5.02 Å². The van der Waals surface area contributed by atoms with Crippen LogP contribution in [0.25, 0.3) is 0 Å². The number of rotatable bonds is 5. The van der Waals surface area contributed by atoms with Crippen LogP contribution in [0.3, 0.4) is 0 Å². The van der Waals surface area contributed by atoms with E-state index in [4.69, 9.17) is 17.4 Å². The lowest BCUT2D eigenvalue weighted by Crippen LogP contribution is -2.35. The number of nitrogens with two attached hydrogens (primary N) is 1. The van der Waals surface area contributed by atoms with E-state index in [9.17, 15) is 4.79 Å². The van der Waals surface area contributed by atoms with Gasteiger partial charge in [-0.2, -0.15) is 5.10 Å². The molecule has 0 spiro atoms. The Morgan fingerprint density at radius 3 is 3.00 bits per heavy atom. The highest BCUT2D eigenvalue weighted by molar-refractivity contribution is 6.33. The van der Waals surface area contributed by atoms with Gasteiger partial charge in [0.1, 0.15) is 0 Å². The first-order chi connectivity index (χ1) is 9.60. The molecule has 8 heteroatoms. The molecule has 1 atom stereocenters. The molecule has 0 saturated heterocycles. The van der Waals surface area contributed by atoms with Crippen LogP contribution < -0.4 is 16.6 Å². The Balaban J connectivity index is 1.99. The van der Waals surface area contributed by atoms with E-state index in [-0.39, 0.29) is 11.9 Å². The fourth-order valence-electron chi connectivity index (χ4n) is 1.71. The Kier molecular flexibility index (Phi) is 4.54. The Morgan fingerprint density at radius 2 is 2.40 bits per heavy atom. The highest BCUT2D eigenvalue weighted by Gasteiger charge is 2.12. The van der Waals surface area contributed by atoms with Gasteiger partial charge in [0.05, 0.1) is 17.1 Å². The first-order valence-electron chi connectivity index (χ1n) is 6.00. The van der Waals surface area contributed by atoms with Gasteiger partial charge in [0.2, 0.25) is 0 Å². The summed E-state index contributed by atoms with van der Waals surface area (Å²) in [4.78, 5) is 16.0. The number of nitrogens with zero attached hydrogens (tertiary/aromatic N) is 3. The summed E-state index contributed by atoms with van der Waals surface area (Å²) >= 11 is 5.93. The van der Waals surface area contributed by atoms with E-state index in [1.165, 1.54) is 12.3 Å². The van der Waals surface area contributed by atoms with Gasteiger partial charge in [-0.25, -0.2) is 10.8 Å². The molecule has 0 aliphatic rings. The monoisotopic (exact) mass is 294 g/mol. The molecule has 0 fully saturated rings. The number of amides is 1. The SMILES string of the molecule is CC(Cn1cccn1)NC(=O)c1cnc(NN)c(Cl)c1. The number of halogens is 1. The van der Waals surface area contributed by atoms with Crippen molar-refractivity contribution in [2.75, 3.05) is 5.43 Å². The molecule has 2 rings (SSSR count). The molecule has 0 radical (unpaired) electrons. The van der Waals surface area contributed by atoms with Gasteiger partial charge in [-0.15, -0.1) is 0 Å². The maximum absolute atomic E-state index is 12.0. The second-order valence-corrected chi connectivity index (χ2v) is 4.71. The average molecular weight is 295 g/mol. The number of aromatic nitrogens is 3. The summed E-state index contributed by atoms with van der Waals surface area (Å²) in [6, 6.07) is 3.27. The Bertz CT molecular complexity index is 586. The van der Waals surface area contributed by atoms with E-state index in [0.29, 0.717) is 22.9 Å². The number of nitrogens with one attached hydrogen (secondary N) is 2. The minimum Gasteiger partial charge on any atom is -0.348 e. The van der Waals surface area contributed by atoms with Gasteiger partial charge in [-0.1, -0.05) is 11.6 Å². The van der Waals surface area contributed by atoms with Gasteiger partial charge < -0.3 is 10.7 Å². The lowest BCUT2D eigenvalue weighted by atomic mass is 10.2. The number of carbonyl (C=O) groups is 1. The van der Waals surface area contributed by atoms with Crippen LogP contribution in [0.4, 0.5) is 5.82 Å². The normalized spacial score (nSPS) is 11.9. The molecular weight excluding hydrogens is 280 g/mol. The molecule has 4 N–H and O–H groups in total. The van der Waals surface area contributed by atoms with Crippen molar-refractivity contribution in [1.82, 2.24) is 20.1 Å². The summed E-state index contributed by atoms with van der Waals surface area (Å²) in [7, 11) is 0. The van der Waals surface area contributed by atoms with Crippen molar-refractivity contribution in [2.45, 2.75) is 19.5 Å². The molecule has 0 aliphatic heterocycles. The van der Waals surface area contributed by atoms with Gasteiger partial charge in [-0.05, 0) is 19.1 Å². The van der Waals surface area contributed by atoms with Crippen molar-refractivity contribution >= 4 is 23.3 Å². The van der Waals surface area contributed by atoms with Crippen molar-refractivity contribution in [2.24, 2.45) is 5.84 Å². The van der Waals surface area contributed by atoms with Crippen molar-refractivity contribution in [1.29, 1.82) is 0 Å². The molecule has 7 nitrogen and oxygen atoms in total. The van der Waals surface area contributed by atoms with Crippen LogP contribution in [-0.2, 0) is 6.54 Å². The summed E-state index contributed by atoms with van der Waals surface area (Å²) < 4.78 is 1.75. The van der Waals surface area contributed by atoms with E-state index in [0.717, 1.165) is 0 Å². The van der Waals surface area contributed by atoms with E-state index in [1.54, 1.807) is 10.9 Å². The summed E-state index contributed by atoms with van der Waals surface area (Å²) in [5.41, 5.74) is 2.72. The van der Waals surface area contributed by atoms with Crippen molar-refractivity contribution in [3.63, 3.8) is 0 Å². The lowest BCUT2D eigenvalue weighted by molar-refractivity contribution is 0.0935. The summed E-state index contributed by atoms with van der Waals surface area (Å²) in [6.45, 7) is 2.48. The zero-order valence-electron chi connectivity index (χ0n) is 10.9. The molecule has 2 aromatic rings. The van der Waals surface area contributed by atoms with Crippen LogP contribution in [0.15, 0.2) is 30.7 Å². The van der Waals surface area contributed by atoms with Crippen LogP contribution in [0.5, 0.6) is 0 Å². The predicted molar refractivity (Wildman–Crippen MR) is 76.2 cm³/mol. The van der Waals surface area contributed by atoms with Gasteiger partial charge in [0.15, 0.2) is 5.82 Å². The highest BCUT2D eigenvalue weighted by atomic mass is 35.5. The van der Waals surface area contributed by atoms with E-state index in [2.05, 4.69) is 20.8 Å². The van der Waals surface area contributed by atoms with Crippen molar-refractivity contribution < 1.29 is 4.79 Å². The molecule has 0 aliphatic carbocycles. The first kappa shape index (κ1) is 14.3. The number of hydrogen-bond acceptors (Lipinski definition) is 5. The van der Waals surface area contributed by atoms with Crippen molar-refractivity contribution in [3.8, 4) is 0 Å². The third kappa shape index (κ3) is 3.46. The first-order valence-corrected chi connectivity index (χ1v) is 6.38. The molecule has 0 bridgehead atoms. The number of nitrogen functional groups attached to an aromatic ring is 1. The molecule has 106 valence electrons. The molecular formula is C12H15ClN6O. The smallest absolute Gasteiger partial charge is 0.253 e. The summed E-state index contributed by atoms with van der Waals surface area (Å²) in [5.74, 6) is 5.31. The van der Waals surface area contributed by atoms with Crippen LogP contribution in [0.1, 0.15) is 17.3 Å². The van der Waals surface area contributed by atoms with E-state index >= 15 is 0 Å². The van der Waals surface area contributed by atoms with Gasteiger partial charge in [0, 0.05) is 24.6 Å². The molecule has 1 unspecified atom stereocenters. The molecule has 2 heterocycles. The standard InChI is InChI=1S/C12H15ClN6O/c1-8(7-19-4-2-3-16-19)17-12(20)9-5-10(13)11(18-14)15-6-9/h2-6,8H,7,14H2,1H3,(H,15,18)(H,17,20). The quantitative estimate of drug-likeness (QED) is 0.565. The number of hydrogen-bond donors (Lipinski definition) is 3. The fraction of sp³-hybridized carbons (Fsp3) is 0.250.